The molecule has 1 fully saturated rings. The summed E-state index contributed by atoms with van der Waals surface area (Å²) in [5, 5.41) is 2.79. The van der Waals surface area contributed by atoms with Gasteiger partial charge in [-0.2, -0.15) is 0 Å². The smallest absolute Gasteiger partial charge is 0.274 e. The second kappa shape index (κ2) is 8.66. The molecule has 1 atom stereocenters. The first-order valence-corrected chi connectivity index (χ1v) is 9.34. The number of hydrogen-bond donors (Lipinski definition) is 1. The highest BCUT2D eigenvalue weighted by molar-refractivity contribution is 6.04. The second-order valence-electron chi connectivity index (χ2n) is 6.67. The summed E-state index contributed by atoms with van der Waals surface area (Å²) in [5.41, 5.74) is 1.37. The SMILES string of the molecule is CCC1CCCCN1C(=O)c1ccnc(C(=O)Nc2ccc(OC)cc2)c1. The van der Waals surface area contributed by atoms with Gasteiger partial charge < -0.3 is 15.0 Å². The van der Waals surface area contributed by atoms with E-state index in [1.54, 1.807) is 43.5 Å². The minimum absolute atomic E-state index is 0.0255. The maximum absolute atomic E-state index is 12.9. The summed E-state index contributed by atoms with van der Waals surface area (Å²) < 4.78 is 5.11. The molecule has 0 saturated carbocycles. The van der Waals surface area contributed by atoms with Crippen LogP contribution in [0.15, 0.2) is 42.6 Å². The van der Waals surface area contributed by atoms with E-state index in [0.29, 0.717) is 17.0 Å². The summed E-state index contributed by atoms with van der Waals surface area (Å²) in [4.78, 5) is 31.5. The van der Waals surface area contributed by atoms with Crippen molar-refractivity contribution in [1.82, 2.24) is 9.88 Å². The van der Waals surface area contributed by atoms with E-state index in [1.165, 1.54) is 6.20 Å². The number of aromatic nitrogens is 1. The lowest BCUT2D eigenvalue weighted by Crippen LogP contribution is -2.43. The Bertz CT molecular complexity index is 805. The fourth-order valence-corrected chi connectivity index (χ4v) is 3.42. The molecule has 1 unspecified atom stereocenters. The van der Waals surface area contributed by atoms with Crippen molar-refractivity contribution in [1.29, 1.82) is 0 Å². The zero-order valence-electron chi connectivity index (χ0n) is 15.8. The monoisotopic (exact) mass is 367 g/mol. The molecule has 2 heterocycles. The average Bonchev–Trinajstić information content (AvgIpc) is 2.73. The molecule has 2 amide bonds. The summed E-state index contributed by atoms with van der Waals surface area (Å²) in [6.45, 7) is 2.88. The third-order valence-corrected chi connectivity index (χ3v) is 4.95. The fourth-order valence-electron chi connectivity index (χ4n) is 3.42. The van der Waals surface area contributed by atoms with Crippen LogP contribution in [0.1, 0.15) is 53.5 Å². The molecule has 0 spiro atoms. The molecule has 0 radical (unpaired) electrons. The molecule has 142 valence electrons. The molecule has 3 rings (SSSR count). The molecule has 1 N–H and O–H groups in total. The Morgan fingerprint density at radius 3 is 2.70 bits per heavy atom. The van der Waals surface area contributed by atoms with Crippen molar-refractivity contribution in [2.24, 2.45) is 0 Å². The van der Waals surface area contributed by atoms with Crippen LogP contribution < -0.4 is 10.1 Å². The number of piperidine rings is 1. The number of ether oxygens (including phenoxy) is 1. The Morgan fingerprint density at radius 1 is 1.22 bits per heavy atom. The first-order valence-electron chi connectivity index (χ1n) is 9.34. The zero-order chi connectivity index (χ0) is 19.2. The van der Waals surface area contributed by atoms with E-state index in [2.05, 4.69) is 17.2 Å². The Hall–Kier alpha value is -2.89. The van der Waals surface area contributed by atoms with Gasteiger partial charge in [0.25, 0.3) is 11.8 Å². The number of pyridine rings is 1. The number of nitrogens with one attached hydrogen (secondary N) is 1. The molecule has 6 heteroatoms. The van der Waals surface area contributed by atoms with Crippen LogP contribution in [0.4, 0.5) is 5.69 Å². The molecule has 0 bridgehead atoms. The number of carbonyl (C=O) groups is 2. The van der Waals surface area contributed by atoms with Gasteiger partial charge in [0.1, 0.15) is 11.4 Å². The van der Waals surface area contributed by atoms with E-state index in [4.69, 9.17) is 4.74 Å². The highest BCUT2D eigenvalue weighted by Gasteiger charge is 2.26. The van der Waals surface area contributed by atoms with Crippen molar-refractivity contribution in [3.63, 3.8) is 0 Å². The van der Waals surface area contributed by atoms with E-state index in [9.17, 15) is 9.59 Å². The van der Waals surface area contributed by atoms with Crippen molar-refractivity contribution in [2.45, 2.75) is 38.6 Å². The maximum atomic E-state index is 12.9. The number of methoxy groups -OCH3 is 1. The van der Waals surface area contributed by atoms with Crippen LogP contribution in [0.25, 0.3) is 0 Å². The number of nitrogens with zero attached hydrogens (tertiary/aromatic N) is 2. The molecule has 0 aliphatic carbocycles. The second-order valence-corrected chi connectivity index (χ2v) is 6.67. The molecule has 1 aliphatic heterocycles. The molecule has 27 heavy (non-hydrogen) atoms. The lowest BCUT2D eigenvalue weighted by molar-refractivity contribution is 0.0608. The number of anilines is 1. The first-order chi connectivity index (χ1) is 13.1. The standard InChI is InChI=1S/C21H25N3O3/c1-3-17-6-4-5-13-24(17)21(26)15-11-12-22-19(14-15)20(25)23-16-7-9-18(27-2)10-8-16/h7-12,14,17H,3-6,13H2,1-2H3,(H,23,25). The molecule has 1 aromatic carbocycles. The first kappa shape index (κ1) is 18.9. The molecule has 6 nitrogen and oxygen atoms in total. The van der Waals surface area contributed by atoms with Gasteiger partial charge in [-0.05, 0) is 62.1 Å². The Labute approximate surface area is 159 Å². The van der Waals surface area contributed by atoms with Crippen LogP contribution in [0.2, 0.25) is 0 Å². The van der Waals surface area contributed by atoms with Gasteiger partial charge in [0.15, 0.2) is 0 Å². The van der Waals surface area contributed by atoms with Crippen LogP contribution in [-0.2, 0) is 0 Å². The lowest BCUT2D eigenvalue weighted by Gasteiger charge is -2.35. The number of likely N-dealkylation sites (tertiary alicyclic amines) is 1. The van der Waals surface area contributed by atoms with Gasteiger partial charge in [-0.3, -0.25) is 14.6 Å². The quantitative estimate of drug-likeness (QED) is 0.874. The van der Waals surface area contributed by atoms with Crippen LogP contribution in [0.5, 0.6) is 5.75 Å². The Morgan fingerprint density at radius 2 is 2.00 bits per heavy atom. The van der Waals surface area contributed by atoms with Gasteiger partial charge in [-0.1, -0.05) is 6.92 Å². The van der Waals surface area contributed by atoms with Crippen LogP contribution in [0.3, 0.4) is 0 Å². The summed E-state index contributed by atoms with van der Waals surface area (Å²) >= 11 is 0. The minimum atomic E-state index is -0.347. The minimum Gasteiger partial charge on any atom is -0.497 e. The number of hydrogen-bond acceptors (Lipinski definition) is 4. The van der Waals surface area contributed by atoms with Crippen molar-refractivity contribution in [3.05, 3.63) is 53.9 Å². The molecule has 1 aromatic heterocycles. The average molecular weight is 367 g/mol. The topological polar surface area (TPSA) is 71.5 Å². The van der Waals surface area contributed by atoms with E-state index in [-0.39, 0.29) is 23.6 Å². The summed E-state index contributed by atoms with van der Waals surface area (Å²) in [6.07, 6.45) is 5.69. The van der Waals surface area contributed by atoms with Crippen molar-refractivity contribution in [2.75, 3.05) is 19.0 Å². The Balaban J connectivity index is 1.73. The lowest BCUT2D eigenvalue weighted by atomic mass is 9.99. The van der Waals surface area contributed by atoms with E-state index in [1.807, 2.05) is 4.90 Å². The van der Waals surface area contributed by atoms with Gasteiger partial charge in [0, 0.05) is 30.0 Å². The molecular formula is C21H25N3O3. The largest absolute Gasteiger partial charge is 0.497 e. The van der Waals surface area contributed by atoms with E-state index >= 15 is 0 Å². The van der Waals surface area contributed by atoms with E-state index < -0.39 is 0 Å². The summed E-state index contributed by atoms with van der Waals surface area (Å²) in [7, 11) is 1.59. The zero-order valence-corrected chi connectivity index (χ0v) is 15.8. The summed E-state index contributed by atoms with van der Waals surface area (Å²) in [5.74, 6) is 0.341. The van der Waals surface area contributed by atoms with Gasteiger partial charge in [0.05, 0.1) is 7.11 Å². The highest BCUT2D eigenvalue weighted by Crippen LogP contribution is 2.22. The van der Waals surface area contributed by atoms with E-state index in [0.717, 1.165) is 32.2 Å². The highest BCUT2D eigenvalue weighted by atomic mass is 16.5. The van der Waals surface area contributed by atoms with Gasteiger partial charge >= 0.3 is 0 Å². The molecule has 2 aromatic rings. The Kier molecular flexibility index (Phi) is 6.06. The molecule has 1 saturated heterocycles. The molecular weight excluding hydrogens is 342 g/mol. The summed E-state index contributed by atoms with van der Waals surface area (Å²) in [6, 6.07) is 10.6. The predicted molar refractivity (Wildman–Crippen MR) is 104 cm³/mol. The van der Waals surface area contributed by atoms with Crippen LogP contribution in [-0.4, -0.2) is 41.4 Å². The fraction of sp³-hybridized carbons (Fsp3) is 0.381. The third kappa shape index (κ3) is 4.45. The van der Waals surface area contributed by atoms with Gasteiger partial charge in [0.2, 0.25) is 0 Å². The van der Waals surface area contributed by atoms with Gasteiger partial charge in [-0.25, -0.2) is 0 Å². The predicted octanol–water partition coefficient (Wildman–Crippen LogP) is 3.75. The number of amides is 2. The maximum Gasteiger partial charge on any atom is 0.274 e. The van der Waals surface area contributed by atoms with Crippen LogP contribution >= 0.6 is 0 Å². The number of carbonyl (C=O) groups excluding carboxylic acids is 2. The number of benzene rings is 1. The van der Waals surface area contributed by atoms with Crippen LogP contribution in [0, 0.1) is 0 Å². The van der Waals surface area contributed by atoms with Crippen molar-refractivity contribution >= 4 is 17.5 Å². The van der Waals surface area contributed by atoms with Gasteiger partial charge in [-0.15, -0.1) is 0 Å². The normalized spacial score (nSPS) is 16.7. The molecule has 1 aliphatic rings. The van der Waals surface area contributed by atoms with Crippen molar-refractivity contribution in [3.8, 4) is 5.75 Å². The van der Waals surface area contributed by atoms with Crippen molar-refractivity contribution < 1.29 is 14.3 Å². The third-order valence-electron chi connectivity index (χ3n) is 4.95. The number of rotatable bonds is 5.